The van der Waals surface area contributed by atoms with Crippen molar-refractivity contribution in [3.05, 3.63) is 53.5 Å². The van der Waals surface area contributed by atoms with Gasteiger partial charge in [-0.3, -0.25) is 9.59 Å². The number of hydrogen-bond donors (Lipinski definition) is 1. The summed E-state index contributed by atoms with van der Waals surface area (Å²) in [5.41, 5.74) is 6.83. The Hall–Kier alpha value is -2.96. The van der Waals surface area contributed by atoms with Gasteiger partial charge in [0.15, 0.2) is 5.78 Å². The molecule has 0 aliphatic carbocycles. The topological polar surface area (TPSA) is 85.5 Å². The third-order valence-electron chi connectivity index (χ3n) is 4.04. The van der Waals surface area contributed by atoms with Crippen LogP contribution in [0.25, 0.3) is 0 Å². The number of amides is 1. The van der Waals surface area contributed by atoms with Gasteiger partial charge in [-0.15, -0.1) is 0 Å². The minimum absolute atomic E-state index is 0.132. The van der Waals surface area contributed by atoms with Gasteiger partial charge in [-0.2, -0.15) is 0 Å². The second-order valence-corrected chi connectivity index (χ2v) is 5.78. The van der Waals surface area contributed by atoms with E-state index in [0.29, 0.717) is 24.7 Å². The summed E-state index contributed by atoms with van der Waals surface area (Å²) in [6.07, 6.45) is 0. The SMILES string of the molecule is CCOc1ccc2c(n1)C(=O)C(C(N)=O)CN2Cc1cccc(F)c1. The maximum absolute atomic E-state index is 13.4. The molecule has 2 heterocycles. The maximum Gasteiger partial charge on any atom is 0.230 e. The number of rotatable bonds is 5. The second kappa shape index (κ2) is 6.88. The fraction of sp³-hybridized carbons (Fsp3) is 0.278. The van der Waals surface area contributed by atoms with E-state index in [-0.39, 0.29) is 18.1 Å². The minimum Gasteiger partial charge on any atom is -0.478 e. The molecule has 0 saturated heterocycles. The van der Waals surface area contributed by atoms with Crippen LogP contribution in [0.1, 0.15) is 23.0 Å². The molecule has 25 heavy (non-hydrogen) atoms. The summed E-state index contributed by atoms with van der Waals surface area (Å²) in [4.78, 5) is 30.3. The van der Waals surface area contributed by atoms with Gasteiger partial charge in [0.2, 0.25) is 11.8 Å². The lowest BCUT2D eigenvalue weighted by Gasteiger charge is -2.33. The van der Waals surface area contributed by atoms with Crippen LogP contribution in [0.15, 0.2) is 36.4 Å². The number of nitrogens with two attached hydrogens (primary N) is 1. The van der Waals surface area contributed by atoms with Gasteiger partial charge < -0.3 is 15.4 Å². The molecule has 2 aromatic rings. The van der Waals surface area contributed by atoms with Crippen molar-refractivity contribution < 1.29 is 18.7 Å². The average Bonchev–Trinajstić information content (AvgIpc) is 2.57. The average molecular weight is 343 g/mol. The van der Waals surface area contributed by atoms with Gasteiger partial charge in [0.25, 0.3) is 0 Å². The summed E-state index contributed by atoms with van der Waals surface area (Å²) in [6, 6.07) is 9.56. The lowest BCUT2D eigenvalue weighted by atomic mass is 9.93. The zero-order valence-electron chi connectivity index (χ0n) is 13.7. The Kier molecular flexibility index (Phi) is 4.65. The predicted octanol–water partition coefficient (Wildman–Crippen LogP) is 1.92. The van der Waals surface area contributed by atoms with Gasteiger partial charge in [0, 0.05) is 19.2 Å². The molecule has 130 valence electrons. The first-order valence-corrected chi connectivity index (χ1v) is 7.96. The van der Waals surface area contributed by atoms with Crippen molar-refractivity contribution in [2.45, 2.75) is 13.5 Å². The van der Waals surface area contributed by atoms with Crippen LogP contribution < -0.4 is 15.4 Å². The smallest absolute Gasteiger partial charge is 0.230 e. The number of fused-ring (bicyclic) bond motifs is 1. The Morgan fingerprint density at radius 3 is 2.88 bits per heavy atom. The molecule has 1 atom stereocenters. The van der Waals surface area contributed by atoms with E-state index < -0.39 is 17.6 Å². The van der Waals surface area contributed by atoms with Gasteiger partial charge in [-0.05, 0) is 30.7 Å². The number of halogens is 1. The highest BCUT2D eigenvalue weighted by molar-refractivity contribution is 6.13. The summed E-state index contributed by atoms with van der Waals surface area (Å²) in [6.45, 7) is 2.68. The van der Waals surface area contributed by atoms with Crippen molar-refractivity contribution >= 4 is 17.4 Å². The number of carbonyl (C=O) groups excluding carboxylic acids is 2. The van der Waals surface area contributed by atoms with E-state index in [1.165, 1.54) is 12.1 Å². The van der Waals surface area contributed by atoms with Gasteiger partial charge in [0.05, 0.1) is 12.3 Å². The van der Waals surface area contributed by atoms with Crippen LogP contribution in [-0.2, 0) is 11.3 Å². The van der Waals surface area contributed by atoms with E-state index >= 15 is 0 Å². The van der Waals surface area contributed by atoms with Crippen LogP contribution in [0.3, 0.4) is 0 Å². The van der Waals surface area contributed by atoms with Gasteiger partial charge >= 0.3 is 0 Å². The number of Topliss-reactive ketones (excluding diaryl/α,β-unsaturated/α-hetero) is 1. The van der Waals surface area contributed by atoms with Crippen molar-refractivity contribution in [3.63, 3.8) is 0 Å². The molecule has 1 unspecified atom stereocenters. The first kappa shape index (κ1) is 16.9. The number of primary amides is 1. The number of hydrogen-bond acceptors (Lipinski definition) is 5. The van der Waals surface area contributed by atoms with Crippen molar-refractivity contribution in [2.24, 2.45) is 11.7 Å². The molecule has 1 amide bonds. The molecule has 0 radical (unpaired) electrons. The summed E-state index contributed by atoms with van der Waals surface area (Å²) in [5, 5.41) is 0. The highest BCUT2D eigenvalue weighted by Gasteiger charge is 2.37. The lowest BCUT2D eigenvalue weighted by Crippen LogP contribution is -2.45. The van der Waals surface area contributed by atoms with E-state index in [9.17, 15) is 14.0 Å². The monoisotopic (exact) mass is 343 g/mol. The number of aromatic nitrogens is 1. The molecular weight excluding hydrogens is 325 g/mol. The molecule has 7 heteroatoms. The van der Waals surface area contributed by atoms with Crippen molar-refractivity contribution in [3.8, 4) is 5.88 Å². The van der Waals surface area contributed by atoms with Gasteiger partial charge in [-0.25, -0.2) is 9.37 Å². The van der Waals surface area contributed by atoms with Crippen LogP contribution >= 0.6 is 0 Å². The first-order chi connectivity index (χ1) is 12.0. The number of benzene rings is 1. The van der Waals surface area contributed by atoms with Crippen molar-refractivity contribution in [1.82, 2.24) is 4.98 Å². The summed E-state index contributed by atoms with van der Waals surface area (Å²) >= 11 is 0. The summed E-state index contributed by atoms with van der Waals surface area (Å²) < 4.78 is 18.8. The van der Waals surface area contributed by atoms with E-state index in [2.05, 4.69) is 4.98 Å². The quantitative estimate of drug-likeness (QED) is 0.839. The molecule has 0 fully saturated rings. The van der Waals surface area contributed by atoms with Crippen LogP contribution in [-0.4, -0.2) is 29.8 Å². The molecule has 0 saturated carbocycles. The fourth-order valence-electron chi connectivity index (χ4n) is 2.89. The molecule has 6 nitrogen and oxygen atoms in total. The molecule has 0 bridgehead atoms. The summed E-state index contributed by atoms with van der Waals surface area (Å²) in [7, 11) is 0. The number of ketones is 1. The Morgan fingerprint density at radius 2 is 2.20 bits per heavy atom. The van der Waals surface area contributed by atoms with Crippen molar-refractivity contribution in [1.29, 1.82) is 0 Å². The lowest BCUT2D eigenvalue weighted by molar-refractivity contribution is -0.120. The Labute approximate surface area is 144 Å². The molecule has 1 aliphatic heterocycles. The fourth-order valence-corrected chi connectivity index (χ4v) is 2.89. The Bertz CT molecular complexity index is 825. The standard InChI is InChI=1S/C18H18FN3O3/c1-2-25-15-7-6-14-16(21-15)17(23)13(18(20)24)10-22(14)9-11-4-3-5-12(19)8-11/h3-8,13H,2,9-10H2,1H3,(H2,20,24). The van der Waals surface area contributed by atoms with E-state index in [4.69, 9.17) is 10.5 Å². The van der Waals surface area contributed by atoms with Crippen LogP contribution in [0.5, 0.6) is 5.88 Å². The predicted molar refractivity (Wildman–Crippen MR) is 89.9 cm³/mol. The maximum atomic E-state index is 13.4. The summed E-state index contributed by atoms with van der Waals surface area (Å²) in [5.74, 6) is -2.15. The van der Waals surface area contributed by atoms with Gasteiger partial charge in [-0.1, -0.05) is 12.1 Å². The number of carbonyl (C=O) groups is 2. The molecule has 2 N–H and O–H groups in total. The highest BCUT2D eigenvalue weighted by Crippen LogP contribution is 2.31. The third kappa shape index (κ3) is 3.45. The normalized spacial score (nSPS) is 16.5. The number of anilines is 1. The highest BCUT2D eigenvalue weighted by atomic mass is 19.1. The van der Waals surface area contributed by atoms with Crippen molar-refractivity contribution in [2.75, 3.05) is 18.1 Å². The van der Waals surface area contributed by atoms with Crippen LogP contribution in [0.4, 0.5) is 10.1 Å². The Balaban J connectivity index is 2.00. The molecule has 0 spiro atoms. The van der Waals surface area contributed by atoms with E-state index in [1.807, 2.05) is 11.8 Å². The minimum atomic E-state index is -0.995. The molecule has 1 aliphatic rings. The first-order valence-electron chi connectivity index (χ1n) is 7.96. The Morgan fingerprint density at radius 1 is 1.40 bits per heavy atom. The number of pyridine rings is 1. The molecule has 3 rings (SSSR count). The molecular formula is C18H18FN3O3. The van der Waals surface area contributed by atoms with E-state index in [1.54, 1.807) is 24.3 Å². The molecule has 1 aromatic heterocycles. The molecule has 1 aromatic carbocycles. The van der Waals surface area contributed by atoms with Gasteiger partial charge in [0.1, 0.15) is 17.4 Å². The van der Waals surface area contributed by atoms with Crippen LogP contribution in [0.2, 0.25) is 0 Å². The van der Waals surface area contributed by atoms with Crippen LogP contribution in [0, 0.1) is 11.7 Å². The second-order valence-electron chi connectivity index (χ2n) is 5.78. The number of ether oxygens (including phenoxy) is 1. The third-order valence-corrected chi connectivity index (χ3v) is 4.04. The number of nitrogens with zero attached hydrogens (tertiary/aromatic N) is 2. The van der Waals surface area contributed by atoms with E-state index in [0.717, 1.165) is 5.56 Å². The zero-order valence-corrected chi connectivity index (χ0v) is 13.7. The zero-order chi connectivity index (χ0) is 18.0. The largest absolute Gasteiger partial charge is 0.478 e.